The van der Waals surface area contributed by atoms with Crippen molar-refractivity contribution in [1.29, 1.82) is 5.26 Å². The fraction of sp³-hybridized carbons (Fsp3) is 0.103. The molecule has 1 amide bonds. The first-order valence-corrected chi connectivity index (χ1v) is 12.2. The summed E-state index contributed by atoms with van der Waals surface area (Å²) in [4.78, 5) is 13.0. The molecule has 1 N–H and O–H groups in total. The van der Waals surface area contributed by atoms with Gasteiger partial charge in [0, 0.05) is 11.1 Å². The molecule has 6 heteroatoms. The maximum Gasteiger partial charge on any atom is 0.266 e. The second kappa shape index (κ2) is 11.5. The van der Waals surface area contributed by atoms with Crippen molar-refractivity contribution >= 4 is 51.0 Å². The van der Waals surface area contributed by atoms with E-state index in [9.17, 15) is 10.1 Å². The summed E-state index contributed by atoms with van der Waals surface area (Å²) in [6, 6.07) is 29.0. The number of nitrogens with one attached hydrogen (secondary N) is 1. The summed E-state index contributed by atoms with van der Waals surface area (Å²) in [6.45, 7) is 2.76. The second-order valence-corrected chi connectivity index (χ2v) is 8.85. The van der Waals surface area contributed by atoms with E-state index < -0.39 is 5.91 Å². The number of fused-ring (bicyclic) bond motifs is 1. The number of nitrogens with zero attached hydrogens (tertiary/aromatic N) is 1. The molecule has 4 rings (SSSR count). The van der Waals surface area contributed by atoms with Crippen LogP contribution in [0.15, 0.2) is 90.5 Å². The first-order chi connectivity index (χ1) is 17.1. The predicted octanol–water partition coefficient (Wildman–Crippen LogP) is 6.97. The number of nitriles is 1. The van der Waals surface area contributed by atoms with Crippen molar-refractivity contribution in [2.75, 3.05) is 11.9 Å². The molecule has 0 fully saturated rings. The van der Waals surface area contributed by atoms with Gasteiger partial charge in [0.2, 0.25) is 0 Å². The highest BCUT2D eigenvalue weighted by Gasteiger charge is 2.15. The second-order valence-electron chi connectivity index (χ2n) is 7.69. The number of halogens is 1. The molecule has 0 saturated heterocycles. The van der Waals surface area contributed by atoms with Gasteiger partial charge >= 0.3 is 0 Å². The molecule has 0 aliphatic heterocycles. The number of rotatable bonds is 8. The van der Waals surface area contributed by atoms with Gasteiger partial charge in [-0.2, -0.15) is 5.26 Å². The van der Waals surface area contributed by atoms with Crippen LogP contribution in [0.1, 0.15) is 18.1 Å². The van der Waals surface area contributed by atoms with E-state index >= 15 is 0 Å². The highest BCUT2D eigenvalue weighted by atomic mass is 127. The maximum atomic E-state index is 13.0. The number of hydrogen-bond donors (Lipinski definition) is 1. The zero-order valence-corrected chi connectivity index (χ0v) is 21.3. The van der Waals surface area contributed by atoms with Gasteiger partial charge in [0.25, 0.3) is 5.91 Å². The van der Waals surface area contributed by atoms with Gasteiger partial charge in [0.05, 0.1) is 10.2 Å². The van der Waals surface area contributed by atoms with Crippen molar-refractivity contribution < 1.29 is 14.3 Å². The van der Waals surface area contributed by atoms with E-state index in [0.29, 0.717) is 36.0 Å². The SMILES string of the molecule is CCOc1cc(/C=C(\C#N)C(=O)Nc2cccc3ccccc23)cc(I)c1OCc1ccccc1. The van der Waals surface area contributed by atoms with Gasteiger partial charge in [0.1, 0.15) is 18.2 Å². The van der Waals surface area contributed by atoms with Gasteiger partial charge in [-0.15, -0.1) is 0 Å². The summed E-state index contributed by atoms with van der Waals surface area (Å²) in [6.07, 6.45) is 1.56. The molecule has 35 heavy (non-hydrogen) atoms. The number of carbonyl (C=O) groups is 1. The molecule has 0 aromatic heterocycles. The number of hydrogen-bond acceptors (Lipinski definition) is 4. The molecular weight excluding hydrogens is 551 g/mol. The molecule has 0 aliphatic carbocycles. The Morgan fingerprint density at radius 1 is 1.00 bits per heavy atom. The molecule has 5 nitrogen and oxygen atoms in total. The Bertz CT molecular complexity index is 1420. The van der Waals surface area contributed by atoms with E-state index in [1.807, 2.05) is 91.9 Å². The van der Waals surface area contributed by atoms with Crippen LogP contribution in [0.2, 0.25) is 0 Å². The Labute approximate surface area is 218 Å². The normalized spacial score (nSPS) is 11.1. The standard InChI is InChI=1S/C29H23IN2O3/c1-2-34-27-17-21(16-25(30)28(27)35-19-20-9-4-3-5-10-20)15-23(18-31)29(33)32-26-14-8-12-22-11-6-7-13-24(22)26/h3-17H,2,19H2,1H3,(H,32,33)/b23-15+. The van der Waals surface area contributed by atoms with E-state index in [1.165, 1.54) is 0 Å². The molecule has 174 valence electrons. The lowest BCUT2D eigenvalue weighted by atomic mass is 10.1. The lowest BCUT2D eigenvalue weighted by Crippen LogP contribution is -2.13. The van der Waals surface area contributed by atoms with Crippen LogP contribution in [0.4, 0.5) is 5.69 Å². The van der Waals surface area contributed by atoms with E-state index in [-0.39, 0.29) is 5.57 Å². The van der Waals surface area contributed by atoms with Gasteiger partial charge in [-0.3, -0.25) is 4.79 Å². The third-order valence-electron chi connectivity index (χ3n) is 5.27. The van der Waals surface area contributed by atoms with Crippen molar-refractivity contribution in [3.05, 3.63) is 105 Å². The molecule has 0 saturated carbocycles. The summed E-state index contributed by atoms with van der Waals surface area (Å²) in [5.41, 5.74) is 2.37. The van der Waals surface area contributed by atoms with Gasteiger partial charge < -0.3 is 14.8 Å². The Morgan fingerprint density at radius 2 is 1.74 bits per heavy atom. The third-order valence-corrected chi connectivity index (χ3v) is 6.07. The van der Waals surface area contributed by atoms with Crippen LogP contribution in [0, 0.1) is 14.9 Å². The molecule has 0 atom stereocenters. The largest absolute Gasteiger partial charge is 0.490 e. The van der Waals surface area contributed by atoms with Crippen LogP contribution in [0.5, 0.6) is 11.5 Å². The topological polar surface area (TPSA) is 71.3 Å². The number of benzene rings is 4. The maximum absolute atomic E-state index is 13.0. The van der Waals surface area contributed by atoms with Gasteiger partial charge in [-0.05, 0) is 70.3 Å². The molecule has 4 aromatic rings. The monoisotopic (exact) mass is 574 g/mol. The lowest BCUT2D eigenvalue weighted by Gasteiger charge is -2.15. The molecule has 0 bridgehead atoms. The average Bonchev–Trinajstić information content (AvgIpc) is 2.88. The Hall–Kier alpha value is -3.83. The minimum Gasteiger partial charge on any atom is -0.490 e. The molecule has 4 aromatic carbocycles. The minimum atomic E-state index is -0.471. The zero-order chi connectivity index (χ0) is 24.6. The van der Waals surface area contributed by atoms with Crippen LogP contribution in [0.3, 0.4) is 0 Å². The Balaban J connectivity index is 1.59. The van der Waals surface area contributed by atoms with Crippen LogP contribution in [-0.4, -0.2) is 12.5 Å². The van der Waals surface area contributed by atoms with Crippen LogP contribution in [-0.2, 0) is 11.4 Å². The number of anilines is 1. The first kappa shape index (κ1) is 24.3. The number of ether oxygens (including phenoxy) is 2. The zero-order valence-electron chi connectivity index (χ0n) is 19.1. The Morgan fingerprint density at radius 3 is 2.51 bits per heavy atom. The fourth-order valence-electron chi connectivity index (χ4n) is 3.64. The molecular formula is C29H23IN2O3. The van der Waals surface area contributed by atoms with Gasteiger partial charge in [-0.25, -0.2) is 0 Å². The van der Waals surface area contributed by atoms with E-state index in [4.69, 9.17) is 9.47 Å². The minimum absolute atomic E-state index is 0.00543. The summed E-state index contributed by atoms with van der Waals surface area (Å²) < 4.78 is 12.7. The molecule has 0 radical (unpaired) electrons. The summed E-state index contributed by atoms with van der Waals surface area (Å²) in [7, 11) is 0. The fourth-order valence-corrected chi connectivity index (χ4v) is 4.42. The highest BCUT2D eigenvalue weighted by molar-refractivity contribution is 14.1. The summed E-state index contributed by atoms with van der Waals surface area (Å²) >= 11 is 2.18. The lowest BCUT2D eigenvalue weighted by molar-refractivity contribution is -0.112. The smallest absolute Gasteiger partial charge is 0.266 e. The summed E-state index contributed by atoms with van der Waals surface area (Å²) in [5.74, 6) is 0.724. The van der Waals surface area contributed by atoms with Gasteiger partial charge in [-0.1, -0.05) is 66.7 Å². The number of carbonyl (C=O) groups excluding carboxylic acids is 1. The van der Waals surface area contributed by atoms with Crippen LogP contribution >= 0.6 is 22.6 Å². The van der Waals surface area contributed by atoms with Crippen molar-refractivity contribution in [3.63, 3.8) is 0 Å². The van der Waals surface area contributed by atoms with Crippen LogP contribution < -0.4 is 14.8 Å². The van der Waals surface area contributed by atoms with Crippen LogP contribution in [0.25, 0.3) is 16.8 Å². The van der Waals surface area contributed by atoms with E-state index in [2.05, 4.69) is 27.9 Å². The van der Waals surface area contributed by atoms with Crippen molar-refractivity contribution in [2.45, 2.75) is 13.5 Å². The van der Waals surface area contributed by atoms with E-state index in [1.54, 1.807) is 12.1 Å². The molecule has 0 spiro atoms. The third kappa shape index (κ3) is 6.00. The molecule has 0 unspecified atom stereocenters. The highest BCUT2D eigenvalue weighted by Crippen LogP contribution is 2.35. The average molecular weight is 574 g/mol. The van der Waals surface area contributed by atoms with Crippen molar-refractivity contribution in [3.8, 4) is 17.6 Å². The van der Waals surface area contributed by atoms with Crippen molar-refractivity contribution in [2.24, 2.45) is 0 Å². The predicted molar refractivity (Wildman–Crippen MR) is 147 cm³/mol. The number of amides is 1. The molecule has 0 aliphatic rings. The quantitative estimate of drug-likeness (QED) is 0.140. The molecule has 0 heterocycles. The Kier molecular flexibility index (Phi) is 8.01. The van der Waals surface area contributed by atoms with Gasteiger partial charge in [0.15, 0.2) is 11.5 Å². The first-order valence-electron chi connectivity index (χ1n) is 11.1. The van der Waals surface area contributed by atoms with Crippen molar-refractivity contribution in [1.82, 2.24) is 0 Å². The summed E-state index contributed by atoms with van der Waals surface area (Å²) in [5, 5.41) is 14.5. The van der Waals surface area contributed by atoms with E-state index in [0.717, 1.165) is 19.9 Å².